The van der Waals surface area contributed by atoms with Crippen molar-refractivity contribution in [1.82, 2.24) is 9.97 Å². The standard InChI is InChI=1S/C24H32F4N2O/c1-3-5-6-7-8-9-11-17-14-29-24(30-15-17)18-12-13-21(23(28)22(18)27)31-16-20(26)19(25)10-4-2/h12-15,19-20H,3-11,16H2,1-2H3/t19-,20-/m1/s1. The van der Waals surface area contributed by atoms with Gasteiger partial charge in [-0.1, -0.05) is 52.4 Å². The van der Waals surface area contributed by atoms with Crippen LogP contribution in [0.1, 0.15) is 70.8 Å². The zero-order valence-corrected chi connectivity index (χ0v) is 18.3. The molecule has 2 rings (SSSR count). The molecule has 0 radical (unpaired) electrons. The molecule has 0 aliphatic carbocycles. The van der Waals surface area contributed by atoms with Gasteiger partial charge in [-0.25, -0.2) is 23.1 Å². The predicted molar refractivity (Wildman–Crippen MR) is 115 cm³/mol. The van der Waals surface area contributed by atoms with E-state index in [0.717, 1.165) is 24.8 Å². The summed E-state index contributed by atoms with van der Waals surface area (Å²) in [5.74, 6) is -2.85. The minimum atomic E-state index is -1.90. The normalized spacial score (nSPS) is 13.2. The molecule has 0 N–H and O–H groups in total. The van der Waals surface area contributed by atoms with Crippen LogP contribution in [0, 0.1) is 11.6 Å². The summed E-state index contributed by atoms with van der Waals surface area (Å²) in [6, 6.07) is 2.46. The lowest BCUT2D eigenvalue weighted by Gasteiger charge is -2.15. The molecule has 7 heteroatoms. The molecule has 2 aromatic rings. The first-order valence-electron chi connectivity index (χ1n) is 11.2. The third-order valence-electron chi connectivity index (χ3n) is 5.17. The van der Waals surface area contributed by atoms with Crippen LogP contribution in [-0.4, -0.2) is 28.9 Å². The van der Waals surface area contributed by atoms with E-state index in [-0.39, 0.29) is 17.8 Å². The summed E-state index contributed by atoms with van der Waals surface area (Å²) in [5, 5.41) is 0. The second-order valence-electron chi connectivity index (χ2n) is 7.80. The van der Waals surface area contributed by atoms with E-state index in [2.05, 4.69) is 16.9 Å². The maximum atomic E-state index is 14.5. The minimum absolute atomic E-state index is 0.0481. The molecule has 0 amide bonds. The van der Waals surface area contributed by atoms with Crippen LogP contribution >= 0.6 is 0 Å². The van der Waals surface area contributed by atoms with Gasteiger partial charge < -0.3 is 4.74 Å². The Labute approximate surface area is 182 Å². The van der Waals surface area contributed by atoms with Crippen molar-refractivity contribution in [2.24, 2.45) is 0 Å². The lowest BCUT2D eigenvalue weighted by molar-refractivity contribution is 0.100. The maximum Gasteiger partial charge on any atom is 0.201 e. The lowest BCUT2D eigenvalue weighted by Crippen LogP contribution is -2.24. The molecule has 0 saturated heterocycles. The molecule has 0 unspecified atom stereocenters. The Bertz CT molecular complexity index is 786. The van der Waals surface area contributed by atoms with E-state index >= 15 is 0 Å². The van der Waals surface area contributed by atoms with Crippen molar-refractivity contribution < 1.29 is 22.3 Å². The number of rotatable bonds is 14. The highest BCUT2D eigenvalue weighted by Crippen LogP contribution is 2.28. The Hall–Kier alpha value is -2.18. The lowest BCUT2D eigenvalue weighted by atomic mass is 10.1. The summed E-state index contributed by atoms with van der Waals surface area (Å²) in [7, 11) is 0. The van der Waals surface area contributed by atoms with Crippen LogP contribution in [0.2, 0.25) is 0 Å². The zero-order chi connectivity index (χ0) is 22.6. The van der Waals surface area contributed by atoms with E-state index < -0.39 is 36.3 Å². The molecule has 1 heterocycles. The average molecular weight is 441 g/mol. The van der Waals surface area contributed by atoms with Crippen LogP contribution in [0.3, 0.4) is 0 Å². The maximum absolute atomic E-state index is 14.5. The molecule has 0 aliphatic heterocycles. The molecule has 2 atom stereocenters. The van der Waals surface area contributed by atoms with Gasteiger partial charge in [0.2, 0.25) is 5.82 Å². The van der Waals surface area contributed by atoms with E-state index in [1.54, 1.807) is 19.3 Å². The summed E-state index contributed by atoms with van der Waals surface area (Å²) in [4.78, 5) is 8.32. The number of nitrogens with zero attached hydrogens (tertiary/aromatic N) is 2. The molecule has 0 bridgehead atoms. The average Bonchev–Trinajstić information content (AvgIpc) is 2.77. The highest BCUT2D eigenvalue weighted by Gasteiger charge is 2.22. The minimum Gasteiger partial charge on any atom is -0.487 e. The molecular formula is C24H32F4N2O. The zero-order valence-electron chi connectivity index (χ0n) is 18.3. The van der Waals surface area contributed by atoms with E-state index in [1.807, 2.05) is 0 Å². The van der Waals surface area contributed by atoms with E-state index in [4.69, 9.17) is 4.74 Å². The summed E-state index contributed by atoms with van der Waals surface area (Å²) < 4.78 is 61.0. The van der Waals surface area contributed by atoms with Gasteiger partial charge in [-0.2, -0.15) is 4.39 Å². The summed E-state index contributed by atoms with van der Waals surface area (Å²) in [6.07, 6.45) is 8.13. The van der Waals surface area contributed by atoms with Crippen molar-refractivity contribution in [1.29, 1.82) is 0 Å². The quantitative estimate of drug-likeness (QED) is 0.230. The molecule has 3 nitrogen and oxygen atoms in total. The van der Waals surface area contributed by atoms with Crippen LogP contribution in [0.5, 0.6) is 5.75 Å². The highest BCUT2D eigenvalue weighted by molar-refractivity contribution is 5.57. The van der Waals surface area contributed by atoms with Crippen molar-refractivity contribution in [3.63, 3.8) is 0 Å². The second-order valence-corrected chi connectivity index (χ2v) is 7.80. The highest BCUT2D eigenvalue weighted by atomic mass is 19.2. The first-order chi connectivity index (χ1) is 15.0. The van der Waals surface area contributed by atoms with Gasteiger partial charge >= 0.3 is 0 Å². The number of aryl methyl sites for hydroxylation is 1. The number of alkyl halides is 2. The third-order valence-corrected chi connectivity index (χ3v) is 5.17. The van der Waals surface area contributed by atoms with Gasteiger partial charge in [0.1, 0.15) is 12.8 Å². The first-order valence-corrected chi connectivity index (χ1v) is 11.2. The molecule has 31 heavy (non-hydrogen) atoms. The number of aromatic nitrogens is 2. The first kappa shape index (κ1) is 25.1. The molecule has 0 saturated carbocycles. The summed E-state index contributed by atoms with van der Waals surface area (Å²) >= 11 is 0. The van der Waals surface area contributed by atoms with Crippen LogP contribution in [0.4, 0.5) is 17.6 Å². The summed E-state index contributed by atoms with van der Waals surface area (Å²) in [6.45, 7) is 3.24. The molecule has 1 aromatic carbocycles. The van der Waals surface area contributed by atoms with Crippen LogP contribution in [0.25, 0.3) is 11.4 Å². The van der Waals surface area contributed by atoms with Crippen molar-refractivity contribution in [3.05, 3.63) is 41.7 Å². The fraction of sp³-hybridized carbons (Fsp3) is 0.583. The van der Waals surface area contributed by atoms with Crippen LogP contribution < -0.4 is 4.74 Å². The van der Waals surface area contributed by atoms with Gasteiger partial charge in [-0.3, -0.25) is 0 Å². The monoisotopic (exact) mass is 440 g/mol. The van der Waals surface area contributed by atoms with E-state index in [0.29, 0.717) is 6.42 Å². The van der Waals surface area contributed by atoms with Crippen LogP contribution in [0.15, 0.2) is 24.5 Å². The second kappa shape index (κ2) is 13.3. The molecule has 1 aromatic heterocycles. The molecule has 0 aliphatic rings. The Morgan fingerprint density at radius 3 is 2.19 bits per heavy atom. The van der Waals surface area contributed by atoms with Gasteiger partial charge in [0.05, 0.1) is 5.56 Å². The number of hydrogen-bond donors (Lipinski definition) is 0. The van der Waals surface area contributed by atoms with Gasteiger partial charge in [0.15, 0.2) is 23.6 Å². The Balaban J connectivity index is 1.95. The third kappa shape index (κ3) is 7.78. The fourth-order valence-electron chi connectivity index (χ4n) is 3.28. The smallest absolute Gasteiger partial charge is 0.201 e. The van der Waals surface area contributed by atoms with Crippen LogP contribution in [-0.2, 0) is 6.42 Å². The number of benzene rings is 1. The molecule has 0 spiro atoms. The Kier molecular flexibility index (Phi) is 10.7. The number of ether oxygens (including phenoxy) is 1. The number of halogens is 4. The van der Waals surface area contributed by atoms with Crippen molar-refractivity contribution in [3.8, 4) is 17.1 Å². The fourth-order valence-corrected chi connectivity index (χ4v) is 3.28. The van der Waals surface area contributed by atoms with Crippen molar-refractivity contribution >= 4 is 0 Å². The van der Waals surface area contributed by atoms with Gasteiger partial charge in [0, 0.05) is 12.4 Å². The largest absolute Gasteiger partial charge is 0.487 e. The van der Waals surface area contributed by atoms with Crippen molar-refractivity contribution in [2.75, 3.05) is 6.61 Å². The Morgan fingerprint density at radius 1 is 0.839 bits per heavy atom. The van der Waals surface area contributed by atoms with E-state index in [1.165, 1.54) is 37.8 Å². The van der Waals surface area contributed by atoms with Gasteiger partial charge in [-0.05, 0) is 37.0 Å². The molecule has 0 fully saturated rings. The van der Waals surface area contributed by atoms with Crippen molar-refractivity contribution in [2.45, 2.75) is 84.0 Å². The molecular weight excluding hydrogens is 408 g/mol. The predicted octanol–water partition coefficient (Wildman–Crippen LogP) is 7.18. The van der Waals surface area contributed by atoms with Gasteiger partial charge in [-0.15, -0.1) is 0 Å². The van der Waals surface area contributed by atoms with E-state index in [9.17, 15) is 17.6 Å². The Morgan fingerprint density at radius 2 is 1.52 bits per heavy atom. The molecule has 172 valence electrons. The SMILES string of the molecule is CCCCCCCCc1cnc(-c2ccc(OC[C@@H](F)[C@H](F)CCC)c(F)c2F)nc1. The summed E-state index contributed by atoms with van der Waals surface area (Å²) in [5.41, 5.74) is 0.837. The van der Waals surface area contributed by atoms with Gasteiger partial charge in [0.25, 0.3) is 0 Å². The number of hydrogen-bond acceptors (Lipinski definition) is 3. The number of unbranched alkanes of at least 4 members (excludes halogenated alkanes) is 5. The topological polar surface area (TPSA) is 35.0 Å².